The summed E-state index contributed by atoms with van der Waals surface area (Å²) in [4.78, 5) is 30.0. The highest BCUT2D eigenvalue weighted by molar-refractivity contribution is 7.16. The van der Waals surface area contributed by atoms with Crippen molar-refractivity contribution in [3.05, 3.63) is 67.5 Å². The zero-order valence-electron chi connectivity index (χ0n) is 20.7. The first-order valence-electron chi connectivity index (χ1n) is 12.2. The number of rotatable bonds is 10. The molecule has 0 saturated heterocycles. The number of aryl methyl sites for hydroxylation is 1. The fourth-order valence-corrected chi connectivity index (χ4v) is 5.78. The first-order chi connectivity index (χ1) is 17.8. The van der Waals surface area contributed by atoms with Crippen LogP contribution < -0.4 is 10.1 Å². The summed E-state index contributed by atoms with van der Waals surface area (Å²) in [7, 11) is 0. The smallest absolute Gasteiger partial charge is 0.331 e. The topological polar surface area (TPSA) is 88.5 Å². The van der Waals surface area contributed by atoms with Crippen LogP contribution in [0, 0.1) is 0 Å². The van der Waals surface area contributed by atoms with Crippen molar-refractivity contribution in [1.29, 1.82) is 0 Å². The van der Waals surface area contributed by atoms with Gasteiger partial charge in [-0.15, -0.1) is 11.3 Å². The summed E-state index contributed by atoms with van der Waals surface area (Å²) < 4.78 is 6.11. The molecule has 0 atom stereocenters. The van der Waals surface area contributed by atoms with Gasteiger partial charge in [0.2, 0.25) is 0 Å². The molecule has 6 nitrogen and oxygen atoms in total. The minimum absolute atomic E-state index is 0.0831. The Morgan fingerprint density at radius 1 is 1.16 bits per heavy atom. The highest BCUT2D eigenvalue weighted by atomic mass is 35.5. The summed E-state index contributed by atoms with van der Waals surface area (Å²) in [6.45, 7) is 4.35. The molecule has 37 heavy (non-hydrogen) atoms. The van der Waals surface area contributed by atoms with Crippen molar-refractivity contribution >= 4 is 57.6 Å². The van der Waals surface area contributed by atoms with Crippen LogP contribution in [0.3, 0.4) is 0 Å². The van der Waals surface area contributed by atoms with E-state index in [0.717, 1.165) is 46.7 Å². The molecule has 4 rings (SSSR count). The molecule has 9 heteroatoms. The van der Waals surface area contributed by atoms with Crippen LogP contribution in [0.5, 0.6) is 5.75 Å². The Labute approximate surface area is 230 Å². The second-order valence-electron chi connectivity index (χ2n) is 8.92. The lowest BCUT2D eigenvalue weighted by Gasteiger charge is -2.19. The number of nitrogens with zero attached hydrogens (tertiary/aromatic N) is 1. The molecular weight excluding hydrogens is 531 g/mol. The molecule has 0 bridgehead atoms. The maximum atomic E-state index is 13.0. The van der Waals surface area contributed by atoms with Crippen molar-refractivity contribution in [3.8, 4) is 17.0 Å². The Morgan fingerprint density at radius 2 is 1.92 bits per heavy atom. The first-order valence-corrected chi connectivity index (χ1v) is 13.8. The fourth-order valence-electron chi connectivity index (χ4n) is 4.22. The molecule has 1 amide bonds. The minimum Gasteiger partial charge on any atom is -0.493 e. The number of unbranched alkanes of at least 4 members (excludes halogenated alkanes) is 3. The predicted molar refractivity (Wildman–Crippen MR) is 150 cm³/mol. The van der Waals surface area contributed by atoms with Gasteiger partial charge in [0.1, 0.15) is 5.75 Å². The van der Waals surface area contributed by atoms with Crippen molar-refractivity contribution in [1.82, 2.24) is 4.98 Å². The van der Waals surface area contributed by atoms with E-state index in [-0.39, 0.29) is 21.2 Å². The maximum Gasteiger partial charge on any atom is 0.331 e. The van der Waals surface area contributed by atoms with Crippen molar-refractivity contribution in [2.75, 3.05) is 11.9 Å². The number of fused-ring (bicyclic) bond motifs is 3. The van der Waals surface area contributed by atoms with E-state index in [9.17, 15) is 9.59 Å². The molecule has 0 unspecified atom stereocenters. The van der Waals surface area contributed by atoms with Gasteiger partial charge in [-0.2, -0.15) is 0 Å². The van der Waals surface area contributed by atoms with E-state index < -0.39 is 11.9 Å². The Morgan fingerprint density at radius 3 is 2.62 bits per heavy atom. The molecule has 1 aliphatic rings. The van der Waals surface area contributed by atoms with E-state index >= 15 is 0 Å². The van der Waals surface area contributed by atoms with Gasteiger partial charge in [-0.3, -0.25) is 10.1 Å². The number of carboxylic acid groups (broad SMARTS) is 1. The molecule has 194 valence electrons. The summed E-state index contributed by atoms with van der Waals surface area (Å²) in [5.41, 5.74) is 3.77. The SMILES string of the molecule is CCCCCCOc1cccc2c1CCc1sc(NC(=O)c3cc(Cl)c(/C=C(\C)C(=O)O)c(Cl)c3)nc1-2. The largest absolute Gasteiger partial charge is 0.493 e. The second kappa shape index (κ2) is 12.1. The van der Waals surface area contributed by atoms with Gasteiger partial charge in [0.05, 0.1) is 22.3 Å². The summed E-state index contributed by atoms with van der Waals surface area (Å²) in [6.07, 6.45) is 7.69. The predicted octanol–water partition coefficient (Wildman–Crippen LogP) is 7.91. The third-order valence-corrected chi connectivity index (χ3v) is 7.86. The molecule has 3 aromatic rings. The number of hydrogen-bond donors (Lipinski definition) is 2. The van der Waals surface area contributed by atoms with E-state index in [2.05, 4.69) is 12.2 Å². The molecule has 2 aromatic carbocycles. The van der Waals surface area contributed by atoms with Gasteiger partial charge in [-0.25, -0.2) is 9.78 Å². The van der Waals surface area contributed by atoms with Crippen molar-refractivity contribution in [2.45, 2.75) is 52.4 Å². The van der Waals surface area contributed by atoms with Gasteiger partial charge in [-0.1, -0.05) is 61.5 Å². The van der Waals surface area contributed by atoms with E-state index in [0.29, 0.717) is 17.3 Å². The number of aromatic nitrogens is 1. The van der Waals surface area contributed by atoms with Crippen LogP contribution in [-0.4, -0.2) is 28.6 Å². The second-order valence-corrected chi connectivity index (χ2v) is 10.8. The lowest BCUT2D eigenvalue weighted by molar-refractivity contribution is -0.132. The molecule has 1 aliphatic carbocycles. The van der Waals surface area contributed by atoms with Crippen molar-refractivity contribution in [3.63, 3.8) is 0 Å². The zero-order chi connectivity index (χ0) is 26.5. The number of aliphatic carboxylic acids is 1. The third-order valence-electron chi connectivity index (χ3n) is 6.20. The molecule has 1 aromatic heterocycles. The minimum atomic E-state index is -1.08. The number of ether oxygens (including phenoxy) is 1. The number of thiazole rings is 1. The zero-order valence-corrected chi connectivity index (χ0v) is 23.0. The van der Waals surface area contributed by atoms with E-state index in [1.807, 2.05) is 18.2 Å². The summed E-state index contributed by atoms with van der Waals surface area (Å²) in [5, 5.41) is 12.8. The van der Waals surface area contributed by atoms with Gasteiger partial charge in [0, 0.05) is 32.7 Å². The van der Waals surface area contributed by atoms with Crippen LogP contribution >= 0.6 is 34.5 Å². The molecular formula is C28H28Cl2N2O4S. The Kier molecular flexibility index (Phi) is 8.90. The van der Waals surface area contributed by atoms with Crippen molar-refractivity contribution in [2.24, 2.45) is 0 Å². The van der Waals surface area contributed by atoms with Gasteiger partial charge < -0.3 is 9.84 Å². The monoisotopic (exact) mass is 558 g/mol. The standard InChI is InChI=1S/C28H28Cl2N2O4S/c1-3-4-5-6-12-36-23-9-7-8-19-18(23)10-11-24-25(19)31-28(37-24)32-26(33)17-14-21(29)20(22(30)15-17)13-16(2)27(34)35/h7-9,13-15H,3-6,10-12H2,1-2H3,(H,34,35)(H,31,32,33)/b16-13+. The number of halogens is 2. The highest BCUT2D eigenvalue weighted by Gasteiger charge is 2.24. The Hall–Kier alpha value is -2.87. The summed E-state index contributed by atoms with van der Waals surface area (Å²) in [5.74, 6) is -0.562. The Balaban J connectivity index is 1.51. The molecule has 0 aliphatic heterocycles. The first kappa shape index (κ1) is 27.2. The van der Waals surface area contributed by atoms with Crippen LogP contribution in [0.2, 0.25) is 10.0 Å². The van der Waals surface area contributed by atoms with Crippen LogP contribution in [0.1, 0.15) is 65.9 Å². The van der Waals surface area contributed by atoms with Gasteiger partial charge >= 0.3 is 5.97 Å². The average Bonchev–Trinajstić information content (AvgIpc) is 3.28. The highest BCUT2D eigenvalue weighted by Crippen LogP contribution is 2.41. The number of carbonyl (C=O) groups excluding carboxylic acids is 1. The molecule has 0 saturated carbocycles. The average molecular weight is 560 g/mol. The van der Waals surface area contributed by atoms with E-state index in [4.69, 9.17) is 38.0 Å². The number of nitrogens with one attached hydrogen (secondary N) is 1. The number of benzene rings is 2. The number of amides is 1. The molecule has 2 N–H and O–H groups in total. The fraction of sp³-hybridized carbons (Fsp3) is 0.321. The quantitative estimate of drug-likeness (QED) is 0.195. The van der Waals surface area contributed by atoms with Crippen LogP contribution in [-0.2, 0) is 17.6 Å². The summed E-state index contributed by atoms with van der Waals surface area (Å²) >= 11 is 14.1. The van der Waals surface area contributed by atoms with Gasteiger partial charge in [0.25, 0.3) is 5.91 Å². The lowest BCUT2D eigenvalue weighted by atomic mass is 9.93. The lowest BCUT2D eigenvalue weighted by Crippen LogP contribution is -2.12. The number of anilines is 1. The van der Waals surface area contributed by atoms with Crippen molar-refractivity contribution < 1.29 is 19.4 Å². The molecule has 0 spiro atoms. The van der Waals surface area contributed by atoms with Crippen LogP contribution in [0.15, 0.2) is 35.9 Å². The van der Waals surface area contributed by atoms with Gasteiger partial charge in [0.15, 0.2) is 5.13 Å². The number of hydrogen-bond acceptors (Lipinski definition) is 5. The molecule has 0 radical (unpaired) electrons. The Bertz CT molecular complexity index is 1340. The van der Waals surface area contributed by atoms with E-state index in [1.165, 1.54) is 55.7 Å². The molecule has 0 fully saturated rings. The molecule has 1 heterocycles. The summed E-state index contributed by atoms with van der Waals surface area (Å²) in [6, 6.07) is 8.99. The van der Waals surface area contributed by atoms with Crippen LogP contribution in [0.4, 0.5) is 5.13 Å². The third kappa shape index (κ3) is 6.35. The van der Waals surface area contributed by atoms with Crippen LogP contribution in [0.25, 0.3) is 17.3 Å². The number of carboxylic acids is 1. The maximum absolute atomic E-state index is 13.0. The number of carbonyl (C=O) groups is 2. The normalized spacial score (nSPS) is 12.6. The van der Waals surface area contributed by atoms with E-state index in [1.54, 1.807) is 0 Å². The van der Waals surface area contributed by atoms with Gasteiger partial charge in [-0.05, 0) is 50.5 Å².